The van der Waals surface area contributed by atoms with Crippen molar-refractivity contribution in [3.63, 3.8) is 0 Å². The molecule has 2 atom stereocenters. The molecular weight excluding hydrogens is 194 g/mol. The standard InChI is InChI=1S/C11H23NO3/c1-3-14-9-10(13)7-12(2)8-11-5-4-6-15-11/h10-11,13H,3-9H2,1-2H3. The smallest absolute Gasteiger partial charge is 0.0900 e. The molecular formula is C11H23NO3. The Kier molecular flexibility index (Phi) is 6.17. The maximum absolute atomic E-state index is 9.62. The van der Waals surface area contributed by atoms with Crippen LogP contribution in [0.3, 0.4) is 0 Å². The van der Waals surface area contributed by atoms with E-state index in [1.165, 1.54) is 6.42 Å². The molecule has 1 aliphatic heterocycles. The van der Waals surface area contributed by atoms with Crippen LogP contribution in [0.15, 0.2) is 0 Å². The van der Waals surface area contributed by atoms with Crippen LogP contribution in [0.5, 0.6) is 0 Å². The van der Waals surface area contributed by atoms with E-state index in [-0.39, 0.29) is 0 Å². The number of nitrogens with zero attached hydrogens (tertiary/aromatic N) is 1. The minimum atomic E-state index is -0.392. The van der Waals surface area contributed by atoms with Gasteiger partial charge < -0.3 is 19.5 Å². The van der Waals surface area contributed by atoms with Gasteiger partial charge in [-0.3, -0.25) is 0 Å². The van der Waals surface area contributed by atoms with Crippen LogP contribution in [-0.4, -0.2) is 62.2 Å². The maximum atomic E-state index is 9.62. The molecule has 1 rings (SSSR count). The van der Waals surface area contributed by atoms with Crippen LogP contribution >= 0.6 is 0 Å². The van der Waals surface area contributed by atoms with Crippen molar-refractivity contribution in [1.82, 2.24) is 4.90 Å². The zero-order valence-corrected chi connectivity index (χ0v) is 9.82. The molecule has 1 heterocycles. The fourth-order valence-electron chi connectivity index (χ4n) is 1.88. The Balaban J connectivity index is 2.08. The van der Waals surface area contributed by atoms with E-state index < -0.39 is 6.10 Å². The summed E-state index contributed by atoms with van der Waals surface area (Å²) < 4.78 is 10.7. The lowest BCUT2D eigenvalue weighted by atomic mass is 10.2. The van der Waals surface area contributed by atoms with Crippen LogP contribution < -0.4 is 0 Å². The van der Waals surface area contributed by atoms with E-state index in [9.17, 15) is 5.11 Å². The summed E-state index contributed by atoms with van der Waals surface area (Å²) in [6, 6.07) is 0. The number of likely N-dealkylation sites (N-methyl/N-ethyl adjacent to an activating group) is 1. The van der Waals surface area contributed by atoms with Gasteiger partial charge in [0.1, 0.15) is 0 Å². The minimum absolute atomic E-state index is 0.356. The molecule has 0 saturated carbocycles. The molecule has 0 bridgehead atoms. The van der Waals surface area contributed by atoms with Crippen molar-refractivity contribution in [2.45, 2.75) is 32.0 Å². The second-order valence-corrected chi connectivity index (χ2v) is 4.17. The average Bonchev–Trinajstić information content (AvgIpc) is 2.67. The molecule has 90 valence electrons. The monoisotopic (exact) mass is 217 g/mol. The van der Waals surface area contributed by atoms with E-state index in [4.69, 9.17) is 9.47 Å². The van der Waals surface area contributed by atoms with Crippen molar-refractivity contribution in [3.05, 3.63) is 0 Å². The summed E-state index contributed by atoms with van der Waals surface area (Å²) in [7, 11) is 2.01. The maximum Gasteiger partial charge on any atom is 0.0900 e. The fourth-order valence-corrected chi connectivity index (χ4v) is 1.88. The molecule has 0 aromatic carbocycles. The normalized spacial score (nSPS) is 23.6. The Labute approximate surface area is 92.2 Å². The van der Waals surface area contributed by atoms with E-state index in [0.29, 0.717) is 25.9 Å². The topological polar surface area (TPSA) is 41.9 Å². The number of hydrogen-bond donors (Lipinski definition) is 1. The average molecular weight is 217 g/mol. The third kappa shape index (κ3) is 5.47. The van der Waals surface area contributed by atoms with Crippen molar-refractivity contribution >= 4 is 0 Å². The molecule has 4 heteroatoms. The lowest BCUT2D eigenvalue weighted by Crippen LogP contribution is -2.36. The summed E-state index contributed by atoms with van der Waals surface area (Å²) in [5, 5.41) is 9.62. The third-order valence-corrected chi connectivity index (χ3v) is 2.58. The second-order valence-electron chi connectivity index (χ2n) is 4.17. The van der Waals surface area contributed by atoms with Crippen molar-refractivity contribution < 1.29 is 14.6 Å². The van der Waals surface area contributed by atoms with E-state index in [1.54, 1.807) is 0 Å². The Morgan fingerprint density at radius 3 is 3.00 bits per heavy atom. The van der Waals surface area contributed by atoms with Crippen molar-refractivity contribution in [2.24, 2.45) is 0 Å². The first-order valence-electron chi connectivity index (χ1n) is 5.78. The molecule has 1 aliphatic rings. The summed E-state index contributed by atoms with van der Waals surface area (Å²) in [5.41, 5.74) is 0. The Bertz CT molecular complexity index is 160. The highest BCUT2D eigenvalue weighted by molar-refractivity contribution is 4.70. The zero-order chi connectivity index (χ0) is 11.1. The molecule has 0 radical (unpaired) electrons. The lowest BCUT2D eigenvalue weighted by molar-refractivity contribution is 0.0139. The van der Waals surface area contributed by atoms with E-state index >= 15 is 0 Å². The lowest BCUT2D eigenvalue weighted by Gasteiger charge is -2.23. The zero-order valence-electron chi connectivity index (χ0n) is 9.82. The molecule has 0 spiro atoms. The molecule has 0 aromatic rings. The van der Waals surface area contributed by atoms with Gasteiger partial charge in [-0.25, -0.2) is 0 Å². The van der Waals surface area contributed by atoms with Gasteiger partial charge in [0.2, 0.25) is 0 Å². The van der Waals surface area contributed by atoms with Crippen molar-refractivity contribution in [2.75, 3.05) is 40.0 Å². The summed E-state index contributed by atoms with van der Waals surface area (Å²) in [4.78, 5) is 2.11. The number of aliphatic hydroxyl groups is 1. The predicted octanol–water partition coefficient (Wildman–Crippen LogP) is 0.495. The third-order valence-electron chi connectivity index (χ3n) is 2.58. The number of aliphatic hydroxyl groups excluding tert-OH is 1. The largest absolute Gasteiger partial charge is 0.389 e. The highest BCUT2D eigenvalue weighted by atomic mass is 16.5. The highest BCUT2D eigenvalue weighted by Crippen LogP contribution is 2.12. The van der Waals surface area contributed by atoms with E-state index in [0.717, 1.165) is 19.6 Å². The number of ether oxygens (including phenoxy) is 2. The number of hydrogen-bond acceptors (Lipinski definition) is 4. The molecule has 1 saturated heterocycles. The summed E-state index contributed by atoms with van der Waals surface area (Å²) >= 11 is 0. The van der Waals surface area contributed by atoms with Gasteiger partial charge in [0.05, 0.1) is 18.8 Å². The molecule has 0 aliphatic carbocycles. The summed E-state index contributed by atoms with van der Waals surface area (Å²) in [6.45, 7) is 5.46. The van der Waals surface area contributed by atoms with Gasteiger partial charge >= 0.3 is 0 Å². The molecule has 0 aromatic heterocycles. The van der Waals surface area contributed by atoms with Gasteiger partial charge in [0.25, 0.3) is 0 Å². The second kappa shape index (κ2) is 7.17. The Hall–Kier alpha value is -0.160. The van der Waals surface area contributed by atoms with Crippen LogP contribution in [-0.2, 0) is 9.47 Å². The van der Waals surface area contributed by atoms with Gasteiger partial charge in [-0.05, 0) is 26.8 Å². The van der Waals surface area contributed by atoms with Crippen LogP contribution in [0, 0.1) is 0 Å². The first-order valence-corrected chi connectivity index (χ1v) is 5.78. The van der Waals surface area contributed by atoms with Gasteiger partial charge in [0.15, 0.2) is 0 Å². The van der Waals surface area contributed by atoms with Gasteiger partial charge in [-0.1, -0.05) is 0 Å². The van der Waals surface area contributed by atoms with Crippen molar-refractivity contribution in [3.8, 4) is 0 Å². The molecule has 15 heavy (non-hydrogen) atoms. The van der Waals surface area contributed by atoms with E-state index in [2.05, 4.69) is 4.90 Å². The predicted molar refractivity (Wildman–Crippen MR) is 59.0 cm³/mol. The Morgan fingerprint density at radius 2 is 2.40 bits per heavy atom. The molecule has 2 unspecified atom stereocenters. The summed E-state index contributed by atoms with van der Waals surface area (Å²) in [6.07, 6.45) is 2.27. The highest BCUT2D eigenvalue weighted by Gasteiger charge is 2.18. The minimum Gasteiger partial charge on any atom is -0.389 e. The SMILES string of the molecule is CCOCC(O)CN(C)CC1CCCO1. The van der Waals surface area contributed by atoms with Gasteiger partial charge in [0, 0.05) is 26.3 Å². The van der Waals surface area contributed by atoms with Gasteiger partial charge in [-0.15, -0.1) is 0 Å². The first kappa shape index (κ1) is 12.9. The molecule has 0 amide bonds. The molecule has 1 N–H and O–H groups in total. The van der Waals surface area contributed by atoms with Crippen molar-refractivity contribution in [1.29, 1.82) is 0 Å². The summed E-state index contributed by atoms with van der Waals surface area (Å²) in [5.74, 6) is 0. The number of rotatable bonds is 7. The van der Waals surface area contributed by atoms with Crippen LogP contribution in [0.25, 0.3) is 0 Å². The van der Waals surface area contributed by atoms with E-state index in [1.807, 2.05) is 14.0 Å². The van der Waals surface area contributed by atoms with Crippen LogP contribution in [0.4, 0.5) is 0 Å². The Morgan fingerprint density at radius 1 is 1.60 bits per heavy atom. The molecule has 4 nitrogen and oxygen atoms in total. The van der Waals surface area contributed by atoms with Crippen LogP contribution in [0.2, 0.25) is 0 Å². The quantitative estimate of drug-likeness (QED) is 0.674. The van der Waals surface area contributed by atoms with Gasteiger partial charge in [-0.2, -0.15) is 0 Å². The fraction of sp³-hybridized carbons (Fsp3) is 1.00. The molecule has 1 fully saturated rings. The van der Waals surface area contributed by atoms with Crippen LogP contribution in [0.1, 0.15) is 19.8 Å². The first-order chi connectivity index (χ1) is 7.22.